The topological polar surface area (TPSA) is 67.4 Å². The zero-order valence-electron chi connectivity index (χ0n) is 13.4. The predicted molar refractivity (Wildman–Crippen MR) is 88.2 cm³/mol. The van der Waals surface area contributed by atoms with Crippen LogP contribution in [0.4, 0.5) is 20.2 Å². The zero-order valence-corrected chi connectivity index (χ0v) is 13.4. The molecule has 0 heterocycles. The van der Waals surface area contributed by atoms with Crippen molar-refractivity contribution in [3.8, 4) is 5.75 Å². The van der Waals surface area contributed by atoms with Gasteiger partial charge in [0, 0.05) is 11.8 Å². The van der Waals surface area contributed by atoms with Crippen LogP contribution in [0.1, 0.15) is 6.42 Å². The minimum absolute atomic E-state index is 0.104. The average Bonchev–Trinajstić information content (AvgIpc) is 3.39. The number of benzene rings is 2. The highest BCUT2D eigenvalue weighted by molar-refractivity contribution is 6.03. The van der Waals surface area contributed by atoms with E-state index in [1.807, 2.05) is 0 Å². The number of nitrogens with one attached hydrogen (secondary N) is 2. The minimum atomic E-state index is -0.853. The van der Waals surface area contributed by atoms with Crippen LogP contribution in [-0.2, 0) is 9.59 Å². The summed E-state index contributed by atoms with van der Waals surface area (Å²) in [6, 6.07) is 9.71. The van der Waals surface area contributed by atoms with Crippen molar-refractivity contribution in [1.29, 1.82) is 0 Å². The molecule has 1 saturated carbocycles. The Morgan fingerprint density at radius 3 is 2.24 bits per heavy atom. The molecule has 2 amide bonds. The third-order valence-electron chi connectivity index (χ3n) is 4.01. The Labute approximate surface area is 143 Å². The highest BCUT2D eigenvalue weighted by Crippen LogP contribution is 2.40. The lowest BCUT2D eigenvalue weighted by Gasteiger charge is -2.07. The van der Waals surface area contributed by atoms with Gasteiger partial charge in [-0.25, -0.2) is 8.78 Å². The third-order valence-corrected chi connectivity index (χ3v) is 4.01. The first-order chi connectivity index (χ1) is 12.0. The number of methoxy groups -OCH3 is 1. The number of carbonyl (C=O) groups excluding carboxylic acids is 2. The molecule has 2 aromatic rings. The molecular formula is C18H16F2N2O3. The Balaban J connectivity index is 1.55. The van der Waals surface area contributed by atoms with Crippen molar-refractivity contribution in [2.75, 3.05) is 17.7 Å². The molecule has 130 valence electrons. The summed E-state index contributed by atoms with van der Waals surface area (Å²) in [4.78, 5) is 24.3. The lowest BCUT2D eigenvalue weighted by atomic mass is 10.2. The van der Waals surface area contributed by atoms with E-state index in [1.54, 1.807) is 31.4 Å². The number of halogens is 2. The van der Waals surface area contributed by atoms with E-state index in [4.69, 9.17) is 4.74 Å². The Hall–Kier alpha value is -2.96. The second-order valence-corrected chi connectivity index (χ2v) is 5.78. The molecule has 0 saturated heterocycles. The van der Waals surface area contributed by atoms with Crippen molar-refractivity contribution in [2.45, 2.75) is 6.42 Å². The van der Waals surface area contributed by atoms with Crippen LogP contribution in [-0.4, -0.2) is 18.9 Å². The summed E-state index contributed by atoms with van der Waals surface area (Å²) in [5.74, 6) is -2.63. The molecule has 3 rings (SSSR count). The van der Waals surface area contributed by atoms with E-state index in [0.29, 0.717) is 23.9 Å². The first-order valence-electron chi connectivity index (χ1n) is 7.69. The first-order valence-corrected chi connectivity index (χ1v) is 7.69. The van der Waals surface area contributed by atoms with Gasteiger partial charge in [-0.15, -0.1) is 0 Å². The fourth-order valence-corrected chi connectivity index (χ4v) is 2.50. The van der Waals surface area contributed by atoms with Crippen LogP contribution >= 0.6 is 0 Å². The largest absolute Gasteiger partial charge is 0.497 e. The Bertz CT molecular complexity index is 808. The smallest absolute Gasteiger partial charge is 0.228 e. The predicted octanol–water partition coefficient (Wildman–Crippen LogP) is 3.19. The van der Waals surface area contributed by atoms with Crippen LogP contribution in [0.15, 0.2) is 42.5 Å². The van der Waals surface area contributed by atoms with E-state index >= 15 is 0 Å². The minimum Gasteiger partial charge on any atom is -0.497 e. The van der Waals surface area contributed by atoms with E-state index in [1.165, 1.54) is 0 Å². The van der Waals surface area contributed by atoms with Crippen LogP contribution in [0, 0.1) is 23.5 Å². The second-order valence-electron chi connectivity index (χ2n) is 5.78. The van der Waals surface area contributed by atoms with Crippen molar-refractivity contribution < 1.29 is 23.1 Å². The number of ether oxygens (including phenoxy) is 1. The molecule has 1 aliphatic rings. The molecule has 5 nitrogen and oxygen atoms in total. The summed E-state index contributed by atoms with van der Waals surface area (Å²) in [5.41, 5.74) is 0.494. The Kier molecular flexibility index (Phi) is 4.65. The molecule has 2 aromatic carbocycles. The number of hydrogen-bond acceptors (Lipinski definition) is 3. The molecule has 0 radical (unpaired) electrons. The van der Waals surface area contributed by atoms with Crippen LogP contribution in [0.3, 0.4) is 0 Å². The van der Waals surface area contributed by atoms with Gasteiger partial charge < -0.3 is 15.4 Å². The third kappa shape index (κ3) is 3.93. The van der Waals surface area contributed by atoms with Crippen molar-refractivity contribution in [3.63, 3.8) is 0 Å². The normalized spacial score (nSPS) is 18.4. The van der Waals surface area contributed by atoms with E-state index in [0.717, 1.165) is 12.1 Å². The van der Waals surface area contributed by atoms with Crippen molar-refractivity contribution in [3.05, 3.63) is 54.1 Å². The van der Waals surface area contributed by atoms with Gasteiger partial charge in [0.2, 0.25) is 11.8 Å². The Morgan fingerprint density at radius 2 is 1.64 bits per heavy atom. The number of hydrogen-bond donors (Lipinski definition) is 2. The quantitative estimate of drug-likeness (QED) is 0.874. The summed E-state index contributed by atoms with van der Waals surface area (Å²) in [6.07, 6.45) is 0.386. The summed E-state index contributed by atoms with van der Waals surface area (Å²) in [5, 5.41) is 5.11. The van der Waals surface area contributed by atoms with E-state index in [9.17, 15) is 18.4 Å². The van der Waals surface area contributed by atoms with Crippen molar-refractivity contribution in [2.24, 2.45) is 11.8 Å². The second kappa shape index (κ2) is 6.88. The number of carbonyl (C=O) groups is 2. The molecule has 0 aromatic heterocycles. The summed E-state index contributed by atoms with van der Waals surface area (Å²) < 4.78 is 31.5. The molecule has 0 aliphatic heterocycles. The van der Waals surface area contributed by atoms with E-state index in [-0.39, 0.29) is 11.6 Å². The lowest BCUT2D eigenvalue weighted by molar-refractivity contribution is -0.122. The zero-order chi connectivity index (χ0) is 18.0. The van der Waals surface area contributed by atoms with Crippen molar-refractivity contribution >= 4 is 23.2 Å². The van der Waals surface area contributed by atoms with Crippen LogP contribution in [0.5, 0.6) is 5.75 Å². The molecule has 2 N–H and O–H groups in total. The molecule has 2 unspecified atom stereocenters. The SMILES string of the molecule is COc1ccc(NC(=O)C2CC2C(=O)Nc2ccc(F)cc2F)cc1. The van der Waals surface area contributed by atoms with Crippen LogP contribution in [0.25, 0.3) is 0 Å². The highest BCUT2D eigenvalue weighted by Gasteiger charge is 2.48. The number of rotatable bonds is 5. The monoisotopic (exact) mass is 346 g/mol. The molecule has 0 bridgehead atoms. The van der Waals surface area contributed by atoms with Gasteiger partial charge >= 0.3 is 0 Å². The van der Waals surface area contributed by atoms with Gasteiger partial charge in [0.1, 0.15) is 17.4 Å². The van der Waals surface area contributed by atoms with Crippen LogP contribution < -0.4 is 15.4 Å². The summed E-state index contributed by atoms with van der Waals surface area (Å²) >= 11 is 0. The van der Waals surface area contributed by atoms with Crippen molar-refractivity contribution in [1.82, 2.24) is 0 Å². The molecule has 25 heavy (non-hydrogen) atoms. The number of amides is 2. The van der Waals surface area contributed by atoms with Gasteiger partial charge in [-0.3, -0.25) is 9.59 Å². The maximum atomic E-state index is 13.6. The molecule has 1 aliphatic carbocycles. The van der Waals surface area contributed by atoms with Gasteiger partial charge in [-0.05, 0) is 42.8 Å². The molecule has 7 heteroatoms. The average molecular weight is 346 g/mol. The maximum Gasteiger partial charge on any atom is 0.228 e. The van der Waals surface area contributed by atoms with Gasteiger partial charge in [-0.1, -0.05) is 0 Å². The number of anilines is 2. The highest BCUT2D eigenvalue weighted by atomic mass is 19.1. The van der Waals surface area contributed by atoms with E-state index in [2.05, 4.69) is 10.6 Å². The summed E-state index contributed by atoms with van der Waals surface area (Å²) in [7, 11) is 1.55. The van der Waals surface area contributed by atoms with Gasteiger partial charge in [0.25, 0.3) is 0 Å². The standard InChI is InChI=1S/C18H16F2N2O3/c1-25-12-5-3-11(4-6-12)21-17(23)13-9-14(13)18(24)22-16-7-2-10(19)8-15(16)20/h2-8,13-14H,9H2,1H3,(H,21,23)(H,22,24). The molecule has 1 fully saturated rings. The van der Waals surface area contributed by atoms with Gasteiger partial charge in [-0.2, -0.15) is 0 Å². The van der Waals surface area contributed by atoms with Crippen LogP contribution in [0.2, 0.25) is 0 Å². The molecule has 0 spiro atoms. The van der Waals surface area contributed by atoms with Gasteiger partial charge in [0.15, 0.2) is 0 Å². The molecule has 2 atom stereocenters. The van der Waals surface area contributed by atoms with E-state index < -0.39 is 29.4 Å². The van der Waals surface area contributed by atoms with Gasteiger partial charge in [0.05, 0.1) is 24.6 Å². The fraction of sp³-hybridized carbons (Fsp3) is 0.222. The first kappa shape index (κ1) is 16.9. The lowest BCUT2D eigenvalue weighted by Crippen LogP contribution is -2.21. The fourth-order valence-electron chi connectivity index (χ4n) is 2.50. The molecular weight excluding hydrogens is 330 g/mol. The Morgan fingerprint density at radius 1 is 1.00 bits per heavy atom. The maximum absolute atomic E-state index is 13.6. The summed E-state index contributed by atoms with van der Waals surface area (Å²) in [6.45, 7) is 0.